The second-order valence-corrected chi connectivity index (χ2v) is 6.08. The van der Waals surface area contributed by atoms with Crippen LogP contribution in [0.5, 0.6) is 11.5 Å². The summed E-state index contributed by atoms with van der Waals surface area (Å²) < 4.78 is 45.5. The van der Waals surface area contributed by atoms with Gasteiger partial charge in [0.1, 0.15) is 11.5 Å². The van der Waals surface area contributed by atoms with Crippen LogP contribution in [-0.2, 0) is 0 Å². The van der Waals surface area contributed by atoms with E-state index in [9.17, 15) is 18.0 Å². The summed E-state index contributed by atoms with van der Waals surface area (Å²) in [5, 5.41) is 0. The van der Waals surface area contributed by atoms with Gasteiger partial charge >= 0.3 is 6.36 Å². The molecule has 1 aliphatic heterocycles. The number of hydrogen-bond acceptors (Lipinski definition) is 3. The number of likely N-dealkylation sites (tertiary alicyclic amines) is 1. The van der Waals surface area contributed by atoms with Crippen LogP contribution in [0, 0.1) is 0 Å². The molecule has 1 aliphatic rings. The second-order valence-electron chi connectivity index (χ2n) is 6.08. The van der Waals surface area contributed by atoms with E-state index in [0.717, 1.165) is 29.9 Å². The van der Waals surface area contributed by atoms with Crippen molar-refractivity contribution in [2.24, 2.45) is 0 Å². The van der Waals surface area contributed by atoms with Crippen molar-refractivity contribution < 1.29 is 27.4 Å². The number of carbonyl (C=O) groups is 1. The molecule has 1 saturated heterocycles. The van der Waals surface area contributed by atoms with Gasteiger partial charge < -0.3 is 14.4 Å². The van der Waals surface area contributed by atoms with Gasteiger partial charge in [0.15, 0.2) is 0 Å². The number of nitrogens with zero attached hydrogens (tertiary/aromatic N) is 1. The van der Waals surface area contributed by atoms with Crippen LogP contribution >= 0.6 is 0 Å². The molecule has 0 N–H and O–H groups in total. The Labute approximate surface area is 149 Å². The van der Waals surface area contributed by atoms with E-state index < -0.39 is 6.36 Å². The number of carbonyl (C=O) groups excluding carboxylic acids is 1. The maximum atomic E-state index is 12.6. The Kier molecular flexibility index (Phi) is 5.06. The summed E-state index contributed by atoms with van der Waals surface area (Å²) >= 11 is 0. The number of amides is 1. The largest absolute Gasteiger partial charge is 0.573 e. The first-order chi connectivity index (χ1) is 12.4. The Morgan fingerprint density at radius 3 is 2.23 bits per heavy atom. The number of benzene rings is 2. The average molecular weight is 365 g/mol. The Morgan fingerprint density at radius 2 is 1.65 bits per heavy atom. The zero-order chi connectivity index (χ0) is 18.7. The number of rotatable bonds is 4. The first-order valence-electron chi connectivity index (χ1n) is 8.15. The van der Waals surface area contributed by atoms with Crippen LogP contribution in [0.25, 0.3) is 0 Å². The molecule has 138 valence electrons. The smallest absolute Gasteiger partial charge is 0.497 e. The van der Waals surface area contributed by atoms with Crippen molar-refractivity contribution in [3.8, 4) is 11.5 Å². The highest BCUT2D eigenvalue weighted by atomic mass is 19.4. The molecule has 1 atom stereocenters. The van der Waals surface area contributed by atoms with Crippen LogP contribution in [-0.4, -0.2) is 37.4 Å². The number of halogens is 3. The van der Waals surface area contributed by atoms with Gasteiger partial charge in [-0.2, -0.15) is 0 Å². The predicted molar refractivity (Wildman–Crippen MR) is 89.4 cm³/mol. The van der Waals surface area contributed by atoms with Gasteiger partial charge in [-0.15, -0.1) is 13.2 Å². The van der Waals surface area contributed by atoms with Gasteiger partial charge in [-0.25, -0.2) is 0 Å². The third-order valence-electron chi connectivity index (χ3n) is 4.40. The number of methoxy groups -OCH3 is 1. The molecule has 0 saturated carbocycles. The molecule has 1 heterocycles. The van der Waals surface area contributed by atoms with Gasteiger partial charge in [0.2, 0.25) is 0 Å². The van der Waals surface area contributed by atoms with E-state index in [1.54, 1.807) is 12.0 Å². The van der Waals surface area contributed by atoms with Crippen LogP contribution in [0.4, 0.5) is 13.2 Å². The fourth-order valence-corrected chi connectivity index (χ4v) is 3.07. The van der Waals surface area contributed by atoms with Crippen molar-refractivity contribution in [2.75, 3.05) is 20.2 Å². The van der Waals surface area contributed by atoms with Crippen LogP contribution in [0.1, 0.15) is 28.3 Å². The Morgan fingerprint density at radius 1 is 1.04 bits per heavy atom. The first-order valence-corrected chi connectivity index (χ1v) is 8.15. The molecule has 0 aromatic heterocycles. The maximum Gasteiger partial charge on any atom is 0.573 e. The molecule has 0 bridgehead atoms. The van der Waals surface area contributed by atoms with Gasteiger partial charge in [-0.05, 0) is 48.4 Å². The highest BCUT2D eigenvalue weighted by Gasteiger charge is 2.31. The summed E-state index contributed by atoms with van der Waals surface area (Å²) in [5.74, 6) is 0.477. The molecule has 3 rings (SSSR count). The van der Waals surface area contributed by atoms with Gasteiger partial charge in [0.25, 0.3) is 5.91 Å². The summed E-state index contributed by atoms with van der Waals surface area (Å²) in [6.45, 7) is 1.18. The number of hydrogen-bond donors (Lipinski definition) is 0. The summed E-state index contributed by atoms with van der Waals surface area (Å²) in [6, 6.07) is 12.8. The van der Waals surface area contributed by atoms with Crippen molar-refractivity contribution in [3.63, 3.8) is 0 Å². The third-order valence-corrected chi connectivity index (χ3v) is 4.40. The topological polar surface area (TPSA) is 38.8 Å². The van der Waals surface area contributed by atoms with Crippen molar-refractivity contribution in [2.45, 2.75) is 18.7 Å². The zero-order valence-corrected chi connectivity index (χ0v) is 14.1. The predicted octanol–water partition coefficient (Wildman–Crippen LogP) is 4.22. The average Bonchev–Trinajstić information content (AvgIpc) is 3.10. The van der Waals surface area contributed by atoms with E-state index in [4.69, 9.17) is 4.74 Å². The Bertz CT molecular complexity index is 757. The van der Waals surface area contributed by atoms with E-state index in [1.165, 1.54) is 12.1 Å². The lowest BCUT2D eigenvalue weighted by Gasteiger charge is -2.17. The molecule has 0 radical (unpaired) electrons. The zero-order valence-electron chi connectivity index (χ0n) is 14.1. The lowest BCUT2D eigenvalue weighted by atomic mass is 9.98. The van der Waals surface area contributed by atoms with Crippen molar-refractivity contribution >= 4 is 5.91 Å². The minimum Gasteiger partial charge on any atom is -0.497 e. The number of alkyl halides is 3. The standard InChI is InChI=1S/C19H18F3NO3/c1-25-16-6-2-13(3-7-16)15-10-11-23(12-15)18(24)14-4-8-17(9-5-14)26-19(20,21)22/h2-9,15H,10-12H2,1H3/t15-/m0/s1. The molecular formula is C19H18F3NO3. The van der Waals surface area contributed by atoms with E-state index in [2.05, 4.69) is 4.74 Å². The fraction of sp³-hybridized carbons (Fsp3) is 0.316. The SMILES string of the molecule is COc1ccc([C@H]2CCN(C(=O)c3ccc(OC(F)(F)F)cc3)C2)cc1. The molecule has 1 fully saturated rings. The van der Waals surface area contributed by atoms with Gasteiger partial charge in [-0.1, -0.05) is 12.1 Å². The summed E-state index contributed by atoms with van der Waals surface area (Å²) in [5.41, 5.74) is 1.48. The molecule has 2 aromatic carbocycles. The van der Waals surface area contributed by atoms with E-state index in [1.807, 2.05) is 24.3 Å². The molecule has 26 heavy (non-hydrogen) atoms. The molecule has 2 aromatic rings. The first kappa shape index (κ1) is 18.1. The van der Waals surface area contributed by atoms with Crippen molar-refractivity contribution in [3.05, 3.63) is 59.7 Å². The molecular weight excluding hydrogens is 347 g/mol. The van der Waals surface area contributed by atoms with E-state index in [0.29, 0.717) is 18.7 Å². The lowest BCUT2D eigenvalue weighted by molar-refractivity contribution is -0.274. The van der Waals surface area contributed by atoms with Crippen molar-refractivity contribution in [1.29, 1.82) is 0 Å². The van der Waals surface area contributed by atoms with Crippen LogP contribution in [0.2, 0.25) is 0 Å². The molecule has 1 amide bonds. The highest BCUT2D eigenvalue weighted by Crippen LogP contribution is 2.30. The normalized spacial score (nSPS) is 17.2. The molecule has 7 heteroatoms. The van der Waals surface area contributed by atoms with Gasteiger partial charge in [0, 0.05) is 24.6 Å². The third kappa shape index (κ3) is 4.28. The summed E-state index contributed by atoms with van der Waals surface area (Å²) in [7, 11) is 1.61. The Hall–Kier alpha value is -2.70. The monoisotopic (exact) mass is 365 g/mol. The minimum absolute atomic E-state index is 0.195. The summed E-state index contributed by atoms with van der Waals surface area (Å²) in [6.07, 6.45) is -3.90. The quantitative estimate of drug-likeness (QED) is 0.814. The van der Waals surface area contributed by atoms with Gasteiger partial charge in [-0.3, -0.25) is 4.79 Å². The van der Waals surface area contributed by atoms with Crippen molar-refractivity contribution in [1.82, 2.24) is 4.90 Å². The summed E-state index contributed by atoms with van der Waals surface area (Å²) in [4.78, 5) is 14.3. The van der Waals surface area contributed by atoms with Gasteiger partial charge in [0.05, 0.1) is 7.11 Å². The maximum absolute atomic E-state index is 12.6. The second kappa shape index (κ2) is 7.27. The minimum atomic E-state index is -4.74. The molecule has 0 aliphatic carbocycles. The molecule has 0 unspecified atom stereocenters. The lowest BCUT2D eigenvalue weighted by Crippen LogP contribution is -2.28. The van der Waals surface area contributed by atoms with Crippen LogP contribution in [0.15, 0.2) is 48.5 Å². The molecule has 4 nitrogen and oxygen atoms in total. The highest BCUT2D eigenvalue weighted by molar-refractivity contribution is 5.94. The van der Waals surface area contributed by atoms with Crippen LogP contribution in [0.3, 0.4) is 0 Å². The molecule has 0 spiro atoms. The fourth-order valence-electron chi connectivity index (χ4n) is 3.07. The van der Waals surface area contributed by atoms with Crippen LogP contribution < -0.4 is 9.47 Å². The number of ether oxygens (including phenoxy) is 2. The van der Waals surface area contributed by atoms with E-state index >= 15 is 0 Å². The Balaban J connectivity index is 1.63. The van der Waals surface area contributed by atoms with E-state index in [-0.39, 0.29) is 17.6 Å².